The first-order valence-corrected chi connectivity index (χ1v) is 9.27. The third kappa shape index (κ3) is 4.46. The van der Waals surface area contributed by atoms with Crippen LogP contribution in [0, 0.1) is 6.92 Å². The highest BCUT2D eigenvalue weighted by Gasteiger charge is 2.18. The Hall–Kier alpha value is -0.550. The highest BCUT2D eigenvalue weighted by atomic mass is 35.5. The normalized spacial score (nSPS) is 15.9. The molecule has 0 heterocycles. The summed E-state index contributed by atoms with van der Waals surface area (Å²) in [6.07, 6.45) is 7.60. The molecule has 1 aliphatic rings. The summed E-state index contributed by atoms with van der Waals surface area (Å²) < 4.78 is 27.3. The van der Waals surface area contributed by atoms with Crippen LogP contribution < -0.4 is 4.72 Å². The molecule has 1 aliphatic carbocycles. The Kier molecular flexibility index (Phi) is 5.72. The van der Waals surface area contributed by atoms with E-state index in [1.165, 1.54) is 24.5 Å². The lowest BCUT2D eigenvalue weighted by molar-refractivity contribution is 0.579. The van der Waals surface area contributed by atoms with Crippen molar-refractivity contribution >= 4 is 33.2 Å². The highest BCUT2D eigenvalue weighted by molar-refractivity contribution is 7.89. The van der Waals surface area contributed by atoms with E-state index in [-0.39, 0.29) is 9.92 Å². The summed E-state index contributed by atoms with van der Waals surface area (Å²) in [5, 5.41) is 0.609. The molecule has 0 unspecified atom stereocenters. The molecular formula is C15H19Cl2NO2S. The third-order valence-corrected chi connectivity index (χ3v) is 5.96. The van der Waals surface area contributed by atoms with Crippen molar-refractivity contribution in [3.63, 3.8) is 0 Å². The van der Waals surface area contributed by atoms with Crippen LogP contribution in [0.2, 0.25) is 10.0 Å². The summed E-state index contributed by atoms with van der Waals surface area (Å²) >= 11 is 11.8. The van der Waals surface area contributed by atoms with Crippen molar-refractivity contribution in [1.82, 2.24) is 4.72 Å². The quantitative estimate of drug-likeness (QED) is 0.798. The number of aryl methyl sites for hydroxylation is 1. The second-order valence-corrected chi connectivity index (χ2v) is 7.84. The Morgan fingerprint density at radius 3 is 2.57 bits per heavy atom. The summed E-state index contributed by atoms with van der Waals surface area (Å²) in [4.78, 5) is 0.189. The number of halogens is 2. The topological polar surface area (TPSA) is 46.2 Å². The molecule has 3 nitrogen and oxygen atoms in total. The third-order valence-electron chi connectivity index (χ3n) is 3.63. The summed E-state index contributed by atoms with van der Waals surface area (Å²) in [6, 6.07) is 2.98. The van der Waals surface area contributed by atoms with Crippen LogP contribution in [0.25, 0.3) is 0 Å². The molecule has 0 amide bonds. The molecule has 6 heteroatoms. The summed E-state index contributed by atoms with van der Waals surface area (Å²) in [6.45, 7) is 2.12. The van der Waals surface area contributed by atoms with Crippen molar-refractivity contribution in [3.05, 3.63) is 39.4 Å². The average Bonchev–Trinajstić information content (AvgIpc) is 2.43. The molecule has 1 aromatic carbocycles. The van der Waals surface area contributed by atoms with Gasteiger partial charge in [-0.1, -0.05) is 34.9 Å². The largest absolute Gasteiger partial charge is 0.240 e. The smallest absolute Gasteiger partial charge is 0.211 e. The van der Waals surface area contributed by atoms with E-state index in [4.69, 9.17) is 23.2 Å². The molecule has 0 saturated heterocycles. The van der Waals surface area contributed by atoms with Gasteiger partial charge in [0.1, 0.15) is 0 Å². The van der Waals surface area contributed by atoms with Gasteiger partial charge in [-0.25, -0.2) is 13.1 Å². The van der Waals surface area contributed by atoms with Crippen molar-refractivity contribution in [2.45, 2.75) is 43.9 Å². The fraction of sp³-hybridized carbons (Fsp3) is 0.467. The predicted molar refractivity (Wildman–Crippen MR) is 87.6 cm³/mol. The van der Waals surface area contributed by atoms with Gasteiger partial charge >= 0.3 is 0 Å². The summed E-state index contributed by atoms with van der Waals surface area (Å²) in [5.41, 5.74) is 1.93. The second kappa shape index (κ2) is 7.14. The van der Waals surface area contributed by atoms with Gasteiger partial charge in [0.15, 0.2) is 0 Å². The van der Waals surface area contributed by atoms with E-state index in [0.29, 0.717) is 17.1 Å². The second-order valence-electron chi connectivity index (χ2n) is 5.29. The number of allylic oxidation sites excluding steroid dienone is 1. The van der Waals surface area contributed by atoms with E-state index in [9.17, 15) is 8.42 Å². The molecule has 0 saturated carbocycles. The van der Waals surface area contributed by atoms with Crippen LogP contribution in [-0.2, 0) is 10.0 Å². The Labute approximate surface area is 136 Å². The van der Waals surface area contributed by atoms with E-state index in [1.54, 1.807) is 13.0 Å². The first-order chi connectivity index (χ1) is 9.90. The van der Waals surface area contributed by atoms with Crippen LogP contribution in [-0.4, -0.2) is 15.0 Å². The van der Waals surface area contributed by atoms with Gasteiger partial charge in [0.25, 0.3) is 0 Å². The molecule has 0 aromatic heterocycles. The summed E-state index contributed by atoms with van der Waals surface area (Å²) in [7, 11) is -3.55. The zero-order valence-corrected chi connectivity index (χ0v) is 14.3. The first kappa shape index (κ1) is 16.8. The molecule has 21 heavy (non-hydrogen) atoms. The lowest BCUT2D eigenvalue weighted by atomic mass is 9.97. The zero-order chi connectivity index (χ0) is 15.5. The molecule has 1 aromatic rings. The number of benzene rings is 1. The lowest BCUT2D eigenvalue weighted by Crippen LogP contribution is -2.26. The average molecular weight is 348 g/mol. The van der Waals surface area contributed by atoms with Gasteiger partial charge in [-0.15, -0.1) is 0 Å². The van der Waals surface area contributed by atoms with Crippen LogP contribution in [0.3, 0.4) is 0 Å². The molecule has 0 atom stereocenters. The van der Waals surface area contributed by atoms with Gasteiger partial charge < -0.3 is 0 Å². The summed E-state index contributed by atoms with van der Waals surface area (Å²) in [5.74, 6) is 0. The van der Waals surface area contributed by atoms with Crippen LogP contribution in [0.5, 0.6) is 0 Å². The Bertz CT molecular complexity index is 654. The number of nitrogens with one attached hydrogen (secondary N) is 1. The van der Waals surface area contributed by atoms with Gasteiger partial charge in [0.05, 0.1) is 14.9 Å². The maximum absolute atomic E-state index is 12.3. The lowest BCUT2D eigenvalue weighted by Gasteiger charge is -2.14. The maximum Gasteiger partial charge on any atom is 0.240 e. The predicted octanol–water partition coefficient (Wildman–Crippen LogP) is 4.47. The molecule has 0 fully saturated rings. The molecule has 0 spiro atoms. The molecular weight excluding hydrogens is 329 g/mol. The fourth-order valence-electron chi connectivity index (χ4n) is 2.47. The van der Waals surface area contributed by atoms with Gasteiger partial charge in [-0.2, -0.15) is 0 Å². The Morgan fingerprint density at radius 1 is 1.19 bits per heavy atom. The number of hydrogen-bond donors (Lipinski definition) is 1. The monoisotopic (exact) mass is 347 g/mol. The minimum atomic E-state index is -3.55. The Balaban J connectivity index is 2.05. The molecule has 0 aliphatic heterocycles. The van der Waals surface area contributed by atoms with Crippen LogP contribution in [0.1, 0.15) is 37.7 Å². The molecule has 116 valence electrons. The van der Waals surface area contributed by atoms with Crippen molar-refractivity contribution in [3.8, 4) is 0 Å². The number of hydrogen-bond acceptors (Lipinski definition) is 2. The minimum Gasteiger partial charge on any atom is -0.211 e. The van der Waals surface area contributed by atoms with Crippen LogP contribution >= 0.6 is 23.2 Å². The van der Waals surface area contributed by atoms with E-state index in [0.717, 1.165) is 19.3 Å². The van der Waals surface area contributed by atoms with E-state index >= 15 is 0 Å². The molecule has 0 bridgehead atoms. The fourth-order valence-corrected chi connectivity index (χ4v) is 4.20. The van der Waals surface area contributed by atoms with Crippen molar-refractivity contribution in [2.24, 2.45) is 0 Å². The van der Waals surface area contributed by atoms with Gasteiger partial charge in [0.2, 0.25) is 10.0 Å². The van der Waals surface area contributed by atoms with E-state index in [2.05, 4.69) is 10.8 Å². The van der Waals surface area contributed by atoms with Crippen LogP contribution in [0.4, 0.5) is 0 Å². The van der Waals surface area contributed by atoms with Crippen molar-refractivity contribution in [2.75, 3.05) is 6.54 Å². The van der Waals surface area contributed by atoms with Gasteiger partial charge in [0, 0.05) is 6.54 Å². The van der Waals surface area contributed by atoms with Gasteiger partial charge in [-0.3, -0.25) is 0 Å². The molecule has 0 radical (unpaired) electrons. The standard InChI is InChI=1S/C15H19Cl2NO2S/c1-11-9-13(16)14(17)10-15(11)21(19,20)18-8-7-12-5-3-2-4-6-12/h5,9-10,18H,2-4,6-8H2,1H3. The number of sulfonamides is 1. The molecule has 2 rings (SSSR count). The SMILES string of the molecule is Cc1cc(Cl)c(Cl)cc1S(=O)(=O)NCCC1=CCCCC1. The Morgan fingerprint density at radius 2 is 1.90 bits per heavy atom. The first-order valence-electron chi connectivity index (χ1n) is 7.03. The van der Waals surface area contributed by atoms with E-state index in [1.807, 2.05) is 0 Å². The van der Waals surface area contributed by atoms with Crippen molar-refractivity contribution in [1.29, 1.82) is 0 Å². The van der Waals surface area contributed by atoms with Crippen LogP contribution in [0.15, 0.2) is 28.7 Å². The van der Waals surface area contributed by atoms with E-state index < -0.39 is 10.0 Å². The maximum atomic E-state index is 12.3. The highest BCUT2D eigenvalue weighted by Crippen LogP contribution is 2.28. The molecule has 1 N–H and O–H groups in total. The zero-order valence-electron chi connectivity index (χ0n) is 12.0. The minimum absolute atomic E-state index is 0.189. The van der Waals surface area contributed by atoms with Crippen molar-refractivity contribution < 1.29 is 8.42 Å². The number of rotatable bonds is 5. The van der Waals surface area contributed by atoms with Gasteiger partial charge in [-0.05, 0) is 56.7 Å².